The Hall–Kier alpha value is -1.10. The molecule has 1 saturated heterocycles. The lowest BCUT2D eigenvalue weighted by Gasteiger charge is -2.13. The SMILES string of the molecule is C[C@H]1[C@@H](c2nccs2)OC(=O)N1C. The average Bonchev–Trinajstić information content (AvgIpc) is 2.70. The van der Waals surface area contributed by atoms with Crippen molar-refractivity contribution in [2.75, 3.05) is 7.05 Å². The van der Waals surface area contributed by atoms with Gasteiger partial charge in [0.1, 0.15) is 5.01 Å². The predicted molar refractivity (Wildman–Crippen MR) is 48.6 cm³/mol. The van der Waals surface area contributed by atoms with Crippen molar-refractivity contribution >= 4 is 17.4 Å². The number of aromatic nitrogens is 1. The van der Waals surface area contributed by atoms with Crippen molar-refractivity contribution < 1.29 is 9.53 Å². The number of amides is 1. The molecule has 1 aliphatic heterocycles. The third-order valence-electron chi connectivity index (χ3n) is 2.26. The molecule has 0 aromatic carbocycles. The van der Waals surface area contributed by atoms with Gasteiger partial charge in [-0.05, 0) is 6.92 Å². The molecule has 2 heterocycles. The van der Waals surface area contributed by atoms with E-state index in [9.17, 15) is 4.79 Å². The highest BCUT2D eigenvalue weighted by Crippen LogP contribution is 2.31. The summed E-state index contributed by atoms with van der Waals surface area (Å²) in [6.07, 6.45) is 1.25. The zero-order valence-corrected chi connectivity index (χ0v) is 8.25. The van der Waals surface area contributed by atoms with E-state index in [4.69, 9.17) is 4.74 Å². The smallest absolute Gasteiger partial charge is 0.410 e. The van der Waals surface area contributed by atoms with E-state index >= 15 is 0 Å². The van der Waals surface area contributed by atoms with Gasteiger partial charge in [-0.25, -0.2) is 9.78 Å². The van der Waals surface area contributed by atoms with E-state index in [2.05, 4.69) is 4.98 Å². The molecule has 1 aromatic rings. The van der Waals surface area contributed by atoms with Crippen LogP contribution in [0.25, 0.3) is 0 Å². The molecule has 1 aromatic heterocycles. The minimum atomic E-state index is -0.271. The number of hydrogen-bond acceptors (Lipinski definition) is 4. The van der Waals surface area contributed by atoms with Gasteiger partial charge < -0.3 is 9.64 Å². The quantitative estimate of drug-likeness (QED) is 0.689. The van der Waals surface area contributed by atoms with E-state index in [0.29, 0.717) is 0 Å². The maximum absolute atomic E-state index is 11.2. The van der Waals surface area contributed by atoms with E-state index in [1.165, 1.54) is 11.3 Å². The Morgan fingerprint density at radius 2 is 2.46 bits per heavy atom. The molecule has 0 bridgehead atoms. The van der Waals surface area contributed by atoms with Gasteiger partial charge in [0, 0.05) is 18.6 Å². The lowest BCUT2D eigenvalue weighted by atomic mass is 10.2. The third kappa shape index (κ3) is 1.29. The molecule has 2 atom stereocenters. The first-order valence-corrected chi connectivity index (χ1v) is 4.91. The monoisotopic (exact) mass is 198 g/mol. The summed E-state index contributed by atoms with van der Waals surface area (Å²) in [6.45, 7) is 1.96. The van der Waals surface area contributed by atoms with Gasteiger partial charge in [-0.3, -0.25) is 0 Å². The molecular weight excluding hydrogens is 188 g/mol. The zero-order chi connectivity index (χ0) is 9.42. The molecule has 5 heteroatoms. The second-order valence-electron chi connectivity index (χ2n) is 3.03. The van der Waals surface area contributed by atoms with Gasteiger partial charge >= 0.3 is 6.09 Å². The summed E-state index contributed by atoms with van der Waals surface area (Å²) in [4.78, 5) is 16.9. The minimum Gasteiger partial charge on any atom is -0.436 e. The number of thiazole rings is 1. The Kier molecular flexibility index (Phi) is 1.95. The lowest BCUT2D eigenvalue weighted by molar-refractivity contribution is 0.131. The van der Waals surface area contributed by atoms with Gasteiger partial charge in [0.15, 0.2) is 6.10 Å². The second-order valence-corrected chi connectivity index (χ2v) is 3.95. The molecular formula is C8H10N2O2S. The third-order valence-corrected chi connectivity index (χ3v) is 3.10. The van der Waals surface area contributed by atoms with Crippen LogP contribution in [0.4, 0.5) is 4.79 Å². The molecule has 0 N–H and O–H groups in total. The van der Waals surface area contributed by atoms with Crippen LogP contribution in [0.5, 0.6) is 0 Å². The number of cyclic esters (lactones) is 1. The van der Waals surface area contributed by atoms with Crippen molar-refractivity contribution in [3.05, 3.63) is 16.6 Å². The fraction of sp³-hybridized carbons (Fsp3) is 0.500. The van der Waals surface area contributed by atoms with Crippen molar-refractivity contribution in [1.29, 1.82) is 0 Å². The van der Waals surface area contributed by atoms with E-state index < -0.39 is 0 Å². The molecule has 13 heavy (non-hydrogen) atoms. The van der Waals surface area contributed by atoms with Crippen LogP contribution in [0.3, 0.4) is 0 Å². The molecule has 0 radical (unpaired) electrons. The average molecular weight is 198 g/mol. The number of ether oxygens (including phenoxy) is 1. The molecule has 4 nitrogen and oxygen atoms in total. The summed E-state index contributed by atoms with van der Waals surface area (Å²) in [5, 5.41) is 2.75. The van der Waals surface area contributed by atoms with Crippen LogP contribution in [0.1, 0.15) is 18.0 Å². The van der Waals surface area contributed by atoms with Crippen molar-refractivity contribution in [1.82, 2.24) is 9.88 Å². The zero-order valence-electron chi connectivity index (χ0n) is 7.43. The first-order valence-electron chi connectivity index (χ1n) is 4.03. The summed E-state index contributed by atoms with van der Waals surface area (Å²) in [7, 11) is 1.74. The summed E-state index contributed by atoms with van der Waals surface area (Å²) >= 11 is 1.51. The molecule has 2 rings (SSSR count). The van der Waals surface area contributed by atoms with Gasteiger partial charge in [-0.2, -0.15) is 0 Å². The van der Waals surface area contributed by atoms with Gasteiger partial charge in [-0.1, -0.05) is 0 Å². The second kappa shape index (κ2) is 2.99. The molecule has 0 spiro atoms. The Bertz CT molecular complexity index is 312. The minimum absolute atomic E-state index is 0.0682. The Balaban J connectivity index is 2.23. The normalized spacial score (nSPS) is 27.8. The van der Waals surface area contributed by atoms with Gasteiger partial charge in [0.2, 0.25) is 0 Å². The van der Waals surface area contributed by atoms with Crippen LogP contribution in [0.2, 0.25) is 0 Å². The van der Waals surface area contributed by atoms with Gasteiger partial charge in [-0.15, -0.1) is 11.3 Å². The van der Waals surface area contributed by atoms with Crippen LogP contribution >= 0.6 is 11.3 Å². The highest BCUT2D eigenvalue weighted by atomic mass is 32.1. The number of rotatable bonds is 1. The highest BCUT2D eigenvalue weighted by molar-refractivity contribution is 7.09. The predicted octanol–water partition coefficient (Wildman–Crippen LogP) is 1.65. The Morgan fingerprint density at radius 1 is 1.69 bits per heavy atom. The van der Waals surface area contributed by atoms with E-state index in [1.54, 1.807) is 18.1 Å². The molecule has 70 valence electrons. The van der Waals surface area contributed by atoms with Crippen LogP contribution in [0.15, 0.2) is 11.6 Å². The Morgan fingerprint density at radius 3 is 2.92 bits per heavy atom. The van der Waals surface area contributed by atoms with E-state index in [1.807, 2.05) is 12.3 Å². The molecule has 1 fully saturated rings. The van der Waals surface area contributed by atoms with Crippen LogP contribution in [0, 0.1) is 0 Å². The number of likely N-dealkylation sites (N-methyl/N-ethyl adjacent to an activating group) is 1. The van der Waals surface area contributed by atoms with Crippen molar-refractivity contribution in [3.8, 4) is 0 Å². The first-order chi connectivity index (χ1) is 6.20. The summed E-state index contributed by atoms with van der Waals surface area (Å²) in [5.41, 5.74) is 0. The van der Waals surface area contributed by atoms with Crippen molar-refractivity contribution in [2.24, 2.45) is 0 Å². The number of carbonyl (C=O) groups excluding carboxylic acids is 1. The fourth-order valence-corrected chi connectivity index (χ4v) is 2.05. The molecule has 0 saturated carbocycles. The van der Waals surface area contributed by atoms with Gasteiger partial charge in [0.25, 0.3) is 0 Å². The summed E-state index contributed by atoms with van der Waals surface area (Å²) in [6, 6.07) is 0.0682. The largest absolute Gasteiger partial charge is 0.436 e. The highest BCUT2D eigenvalue weighted by Gasteiger charge is 2.38. The molecule has 1 aliphatic rings. The maximum atomic E-state index is 11.2. The van der Waals surface area contributed by atoms with Crippen molar-refractivity contribution in [2.45, 2.75) is 19.1 Å². The molecule has 0 aliphatic carbocycles. The fourth-order valence-electron chi connectivity index (χ4n) is 1.29. The number of hydrogen-bond donors (Lipinski definition) is 0. The van der Waals surface area contributed by atoms with E-state index in [0.717, 1.165) is 5.01 Å². The lowest BCUT2D eigenvalue weighted by Crippen LogP contribution is -2.27. The number of nitrogens with zero attached hydrogens (tertiary/aromatic N) is 2. The van der Waals surface area contributed by atoms with Crippen LogP contribution < -0.4 is 0 Å². The van der Waals surface area contributed by atoms with Crippen LogP contribution in [-0.4, -0.2) is 29.1 Å². The summed E-state index contributed by atoms with van der Waals surface area (Å²) in [5.74, 6) is 0. The molecule has 1 amide bonds. The maximum Gasteiger partial charge on any atom is 0.410 e. The van der Waals surface area contributed by atoms with E-state index in [-0.39, 0.29) is 18.2 Å². The standard InChI is InChI=1S/C8H10N2O2S/c1-5-6(7-9-3-4-13-7)12-8(11)10(5)2/h3-6H,1-2H3/t5-,6-/m0/s1. The molecule has 0 unspecified atom stereocenters. The first kappa shape index (κ1) is 8.50. The Labute approximate surface area is 80.1 Å². The topological polar surface area (TPSA) is 42.4 Å². The summed E-state index contributed by atoms with van der Waals surface area (Å²) < 4.78 is 5.17. The van der Waals surface area contributed by atoms with Crippen molar-refractivity contribution in [3.63, 3.8) is 0 Å². The number of carbonyl (C=O) groups is 1. The van der Waals surface area contributed by atoms with Gasteiger partial charge in [0.05, 0.1) is 6.04 Å². The van der Waals surface area contributed by atoms with Crippen LogP contribution in [-0.2, 0) is 4.74 Å².